The molecule has 0 saturated carbocycles. The Hall–Kier alpha value is -2.15. The van der Waals surface area contributed by atoms with Crippen LogP contribution in [0, 0.1) is 10.1 Å². The number of nitro groups is 1. The zero-order valence-electron chi connectivity index (χ0n) is 11.4. The van der Waals surface area contributed by atoms with Gasteiger partial charge >= 0.3 is 5.97 Å². The third-order valence-electron chi connectivity index (χ3n) is 3.56. The van der Waals surface area contributed by atoms with E-state index < -0.39 is 10.9 Å². The SMILES string of the molecule is CC1CN(C)CCN1c1ccc(C(=O)O)cc1[N+](=O)[O-]. The van der Waals surface area contributed by atoms with Crippen LogP contribution in [-0.2, 0) is 0 Å². The van der Waals surface area contributed by atoms with Gasteiger partial charge in [0.25, 0.3) is 5.69 Å². The Kier molecular flexibility index (Phi) is 3.89. The largest absolute Gasteiger partial charge is 0.478 e. The van der Waals surface area contributed by atoms with Crippen molar-refractivity contribution in [2.45, 2.75) is 13.0 Å². The predicted molar refractivity (Wildman–Crippen MR) is 74.4 cm³/mol. The molecular formula is C13H17N3O4. The Morgan fingerprint density at radius 1 is 1.45 bits per heavy atom. The number of anilines is 1. The Bertz CT molecular complexity index is 546. The number of nitro benzene ring substituents is 1. The molecular weight excluding hydrogens is 262 g/mol. The molecule has 1 heterocycles. The van der Waals surface area contributed by atoms with Crippen molar-refractivity contribution in [1.29, 1.82) is 0 Å². The van der Waals surface area contributed by atoms with Crippen LogP contribution in [0.25, 0.3) is 0 Å². The van der Waals surface area contributed by atoms with E-state index in [-0.39, 0.29) is 17.3 Å². The molecule has 0 spiro atoms. The van der Waals surface area contributed by atoms with Crippen LogP contribution in [0.1, 0.15) is 17.3 Å². The highest BCUT2D eigenvalue weighted by Crippen LogP contribution is 2.31. The fraction of sp³-hybridized carbons (Fsp3) is 0.462. The van der Waals surface area contributed by atoms with Gasteiger partial charge in [0.2, 0.25) is 0 Å². The van der Waals surface area contributed by atoms with Gasteiger partial charge in [0.1, 0.15) is 5.69 Å². The molecule has 7 nitrogen and oxygen atoms in total. The van der Waals surface area contributed by atoms with Crippen LogP contribution in [0.5, 0.6) is 0 Å². The number of piperazine rings is 1. The van der Waals surface area contributed by atoms with Gasteiger partial charge in [-0.05, 0) is 26.1 Å². The highest BCUT2D eigenvalue weighted by Gasteiger charge is 2.28. The molecule has 20 heavy (non-hydrogen) atoms. The lowest BCUT2D eigenvalue weighted by molar-refractivity contribution is -0.384. The fourth-order valence-corrected chi connectivity index (χ4v) is 2.54. The van der Waals surface area contributed by atoms with Crippen LogP contribution in [0.3, 0.4) is 0 Å². The lowest BCUT2D eigenvalue weighted by Crippen LogP contribution is -2.50. The minimum absolute atomic E-state index is 0.0674. The first-order chi connectivity index (χ1) is 9.40. The molecule has 0 aromatic heterocycles. The maximum absolute atomic E-state index is 11.2. The first-order valence-electron chi connectivity index (χ1n) is 6.37. The number of likely N-dealkylation sites (N-methyl/N-ethyl adjacent to an activating group) is 1. The molecule has 0 bridgehead atoms. The van der Waals surface area contributed by atoms with Crippen molar-refractivity contribution in [3.63, 3.8) is 0 Å². The summed E-state index contributed by atoms with van der Waals surface area (Å²) in [7, 11) is 2.01. The van der Waals surface area contributed by atoms with Gasteiger partial charge in [-0.1, -0.05) is 0 Å². The molecule has 1 aromatic rings. The number of carboxylic acids is 1. The van der Waals surface area contributed by atoms with E-state index in [1.165, 1.54) is 12.1 Å². The van der Waals surface area contributed by atoms with E-state index in [1.807, 2.05) is 18.9 Å². The molecule has 0 amide bonds. The maximum atomic E-state index is 11.2. The monoisotopic (exact) mass is 279 g/mol. The topological polar surface area (TPSA) is 86.9 Å². The Morgan fingerprint density at radius 2 is 2.15 bits per heavy atom. The number of nitrogens with zero attached hydrogens (tertiary/aromatic N) is 3. The minimum Gasteiger partial charge on any atom is -0.478 e. The third-order valence-corrected chi connectivity index (χ3v) is 3.56. The first kappa shape index (κ1) is 14.3. The summed E-state index contributed by atoms with van der Waals surface area (Å²) in [6.45, 7) is 4.33. The van der Waals surface area contributed by atoms with Crippen LogP contribution in [0.15, 0.2) is 18.2 Å². The predicted octanol–water partition coefficient (Wildman–Crippen LogP) is 1.43. The number of carboxylic acid groups (broad SMARTS) is 1. The molecule has 1 unspecified atom stereocenters. The smallest absolute Gasteiger partial charge is 0.335 e. The molecule has 108 valence electrons. The number of rotatable bonds is 3. The first-order valence-corrected chi connectivity index (χ1v) is 6.37. The number of aromatic carboxylic acids is 1. The Balaban J connectivity index is 2.40. The Labute approximate surface area is 116 Å². The maximum Gasteiger partial charge on any atom is 0.335 e. The second kappa shape index (κ2) is 5.46. The lowest BCUT2D eigenvalue weighted by atomic mass is 10.1. The highest BCUT2D eigenvalue weighted by molar-refractivity contribution is 5.89. The minimum atomic E-state index is -1.16. The van der Waals surface area contributed by atoms with E-state index in [2.05, 4.69) is 4.90 Å². The van der Waals surface area contributed by atoms with Gasteiger partial charge in [-0.25, -0.2) is 4.79 Å². The molecule has 1 fully saturated rings. The van der Waals surface area contributed by atoms with Crippen LogP contribution >= 0.6 is 0 Å². The summed E-state index contributed by atoms with van der Waals surface area (Å²) in [5.74, 6) is -1.16. The van der Waals surface area contributed by atoms with Gasteiger partial charge in [-0.2, -0.15) is 0 Å². The molecule has 1 saturated heterocycles. The van der Waals surface area contributed by atoms with E-state index in [9.17, 15) is 14.9 Å². The molecule has 2 rings (SSSR count). The van der Waals surface area contributed by atoms with Crippen molar-refractivity contribution < 1.29 is 14.8 Å². The molecule has 0 radical (unpaired) electrons. The summed E-state index contributed by atoms with van der Waals surface area (Å²) in [5, 5.41) is 20.1. The summed E-state index contributed by atoms with van der Waals surface area (Å²) in [6, 6.07) is 4.21. The van der Waals surface area contributed by atoms with Gasteiger partial charge < -0.3 is 14.9 Å². The van der Waals surface area contributed by atoms with E-state index >= 15 is 0 Å². The summed E-state index contributed by atoms with van der Waals surface area (Å²) in [5.41, 5.74) is 0.268. The van der Waals surface area contributed by atoms with Crippen LogP contribution < -0.4 is 4.90 Å². The highest BCUT2D eigenvalue weighted by atomic mass is 16.6. The average Bonchev–Trinajstić information content (AvgIpc) is 2.38. The van der Waals surface area contributed by atoms with Crippen LogP contribution in [0.4, 0.5) is 11.4 Å². The number of benzene rings is 1. The number of hydrogen-bond donors (Lipinski definition) is 1. The molecule has 7 heteroatoms. The summed E-state index contributed by atoms with van der Waals surface area (Å²) in [4.78, 5) is 25.7. The van der Waals surface area contributed by atoms with Crippen molar-refractivity contribution in [3.8, 4) is 0 Å². The number of carbonyl (C=O) groups is 1. The van der Waals surface area contributed by atoms with E-state index in [4.69, 9.17) is 5.11 Å². The molecule has 1 N–H and O–H groups in total. The van der Waals surface area contributed by atoms with Gasteiger partial charge in [-0.3, -0.25) is 10.1 Å². The van der Waals surface area contributed by atoms with Crippen molar-refractivity contribution in [2.24, 2.45) is 0 Å². The van der Waals surface area contributed by atoms with Crippen LogP contribution in [0.2, 0.25) is 0 Å². The zero-order chi connectivity index (χ0) is 14.9. The lowest BCUT2D eigenvalue weighted by Gasteiger charge is -2.39. The molecule has 1 aliphatic heterocycles. The fourth-order valence-electron chi connectivity index (χ4n) is 2.54. The quantitative estimate of drug-likeness (QED) is 0.665. The van der Waals surface area contributed by atoms with Gasteiger partial charge in [0.05, 0.1) is 10.5 Å². The van der Waals surface area contributed by atoms with E-state index in [0.29, 0.717) is 12.2 Å². The van der Waals surface area contributed by atoms with Gasteiger partial charge in [0.15, 0.2) is 0 Å². The van der Waals surface area contributed by atoms with Crippen molar-refractivity contribution >= 4 is 17.3 Å². The van der Waals surface area contributed by atoms with E-state index in [0.717, 1.165) is 19.2 Å². The van der Waals surface area contributed by atoms with Gasteiger partial charge in [-0.15, -0.1) is 0 Å². The summed E-state index contributed by atoms with van der Waals surface area (Å²) in [6.07, 6.45) is 0. The van der Waals surface area contributed by atoms with Crippen LogP contribution in [-0.4, -0.2) is 53.6 Å². The molecule has 1 atom stereocenters. The standard InChI is InChI=1S/C13H17N3O4/c1-9-8-14(2)5-6-15(9)11-4-3-10(13(17)18)7-12(11)16(19)20/h3-4,7,9H,5-6,8H2,1-2H3,(H,17,18). The molecule has 1 aliphatic rings. The third kappa shape index (κ3) is 2.72. The van der Waals surface area contributed by atoms with Crippen molar-refractivity contribution in [3.05, 3.63) is 33.9 Å². The van der Waals surface area contributed by atoms with Crippen molar-refractivity contribution in [2.75, 3.05) is 31.6 Å². The van der Waals surface area contributed by atoms with E-state index in [1.54, 1.807) is 0 Å². The molecule has 1 aromatic carbocycles. The summed E-state index contributed by atoms with van der Waals surface area (Å²) < 4.78 is 0. The van der Waals surface area contributed by atoms with Crippen molar-refractivity contribution in [1.82, 2.24) is 4.90 Å². The second-order valence-corrected chi connectivity index (χ2v) is 5.07. The Morgan fingerprint density at radius 3 is 2.70 bits per heavy atom. The molecule has 0 aliphatic carbocycles. The average molecular weight is 279 g/mol. The zero-order valence-corrected chi connectivity index (χ0v) is 11.4. The normalized spacial score (nSPS) is 19.9. The van der Waals surface area contributed by atoms with Gasteiger partial charge in [0, 0.05) is 31.7 Å². The second-order valence-electron chi connectivity index (χ2n) is 5.07. The summed E-state index contributed by atoms with van der Waals surface area (Å²) >= 11 is 0. The number of hydrogen-bond acceptors (Lipinski definition) is 5.